The molecule has 96 valence electrons. The number of hydrogen-bond donors (Lipinski definition) is 0. The third-order valence-corrected chi connectivity index (χ3v) is 4.09. The van der Waals surface area contributed by atoms with Gasteiger partial charge in [0.05, 0.1) is 11.4 Å². The lowest BCUT2D eigenvalue weighted by atomic mass is 10.2. The first kappa shape index (κ1) is 11.4. The number of fused-ring (bicyclic) bond motifs is 1. The largest absolute Gasteiger partial charge is 0.255 e. The normalized spacial score (nSPS) is 11.0. The van der Waals surface area contributed by atoms with Crippen LogP contribution in [0.25, 0.3) is 27.3 Å². The highest BCUT2D eigenvalue weighted by Crippen LogP contribution is 2.32. The Bertz CT molecular complexity index is 778. The molecular weight excluding hydrogens is 266 g/mol. The maximum absolute atomic E-state index is 4.75. The topological polar surface area (TPSA) is 30.7 Å². The average molecular weight is 277 g/mol. The third-order valence-electron chi connectivity index (χ3n) is 3.20. The minimum atomic E-state index is 0.908. The fourth-order valence-corrected chi connectivity index (χ4v) is 3.15. The molecular formula is C16H11N3S. The zero-order valence-electron chi connectivity index (χ0n) is 10.6. The Hall–Kier alpha value is -2.46. The first-order chi connectivity index (χ1) is 9.93. The number of rotatable bonds is 2. The summed E-state index contributed by atoms with van der Waals surface area (Å²) >= 11 is 1.70. The number of pyridine rings is 1. The number of benzene rings is 1. The average Bonchev–Trinajstić information content (AvgIpc) is 3.11. The first-order valence-electron chi connectivity index (χ1n) is 6.36. The van der Waals surface area contributed by atoms with Crippen molar-refractivity contribution < 1.29 is 0 Å². The van der Waals surface area contributed by atoms with E-state index in [2.05, 4.69) is 28.6 Å². The van der Waals surface area contributed by atoms with Gasteiger partial charge in [-0.2, -0.15) is 5.10 Å². The Balaban J connectivity index is 1.99. The summed E-state index contributed by atoms with van der Waals surface area (Å²) in [5.74, 6) is 0. The SMILES string of the molecule is c1ccc(-n2nc(-c3ccccn3)c3ccsc32)cc1. The van der Waals surface area contributed by atoms with Gasteiger partial charge in [-0.3, -0.25) is 4.98 Å². The first-order valence-corrected chi connectivity index (χ1v) is 7.24. The van der Waals surface area contributed by atoms with Crippen LogP contribution in [-0.4, -0.2) is 14.8 Å². The van der Waals surface area contributed by atoms with Crippen LogP contribution >= 0.6 is 11.3 Å². The minimum Gasteiger partial charge on any atom is -0.255 e. The van der Waals surface area contributed by atoms with Crippen molar-refractivity contribution in [3.63, 3.8) is 0 Å². The van der Waals surface area contributed by atoms with Crippen molar-refractivity contribution >= 4 is 21.6 Å². The highest BCUT2D eigenvalue weighted by molar-refractivity contribution is 7.16. The summed E-state index contributed by atoms with van der Waals surface area (Å²) < 4.78 is 1.99. The Morgan fingerprint density at radius 2 is 1.75 bits per heavy atom. The van der Waals surface area contributed by atoms with E-state index in [4.69, 9.17) is 5.10 Å². The van der Waals surface area contributed by atoms with Gasteiger partial charge in [-0.25, -0.2) is 4.68 Å². The molecule has 3 nitrogen and oxygen atoms in total. The van der Waals surface area contributed by atoms with Gasteiger partial charge in [-0.05, 0) is 35.7 Å². The molecule has 0 radical (unpaired) electrons. The molecule has 0 aliphatic carbocycles. The molecule has 4 aromatic rings. The van der Waals surface area contributed by atoms with Crippen LogP contribution in [0.5, 0.6) is 0 Å². The van der Waals surface area contributed by atoms with Crippen LogP contribution in [0.4, 0.5) is 0 Å². The Morgan fingerprint density at radius 1 is 0.900 bits per heavy atom. The molecule has 0 unspecified atom stereocenters. The molecule has 20 heavy (non-hydrogen) atoms. The van der Waals surface area contributed by atoms with E-state index < -0.39 is 0 Å². The van der Waals surface area contributed by atoms with E-state index in [0.29, 0.717) is 0 Å². The van der Waals surface area contributed by atoms with Crippen molar-refractivity contribution in [2.45, 2.75) is 0 Å². The van der Waals surface area contributed by atoms with Gasteiger partial charge in [-0.1, -0.05) is 24.3 Å². The van der Waals surface area contributed by atoms with Crippen LogP contribution in [0.15, 0.2) is 66.2 Å². The van der Waals surface area contributed by atoms with Gasteiger partial charge in [0.2, 0.25) is 0 Å². The summed E-state index contributed by atoms with van der Waals surface area (Å²) in [5.41, 5.74) is 2.92. The number of nitrogens with zero attached hydrogens (tertiary/aromatic N) is 3. The van der Waals surface area contributed by atoms with Crippen LogP contribution in [0.2, 0.25) is 0 Å². The number of hydrogen-bond acceptors (Lipinski definition) is 3. The number of thiophene rings is 1. The molecule has 4 rings (SSSR count). The monoisotopic (exact) mass is 277 g/mol. The van der Waals surface area contributed by atoms with Gasteiger partial charge < -0.3 is 0 Å². The van der Waals surface area contributed by atoms with Gasteiger partial charge in [0, 0.05) is 11.6 Å². The molecule has 0 amide bonds. The highest BCUT2D eigenvalue weighted by atomic mass is 32.1. The van der Waals surface area contributed by atoms with Gasteiger partial charge in [0.25, 0.3) is 0 Å². The smallest absolute Gasteiger partial charge is 0.127 e. The number of aromatic nitrogens is 3. The zero-order valence-corrected chi connectivity index (χ0v) is 11.4. The van der Waals surface area contributed by atoms with Crippen molar-refractivity contribution in [1.29, 1.82) is 0 Å². The van der Waals surface area contributed by atoms with Crippen LogP contribution in [0, 0.1) is 0 Å². The summed E-state index contributed by atoms with van der Waals surface area (Å²) in [4.78, 5) is 5.56. The van der Waals surface area contributed by atoms with Crippen molar-refractivity contribution in [1.82, 2.24) is 14.8 Å². The lowest BCUT2D eigenvalue weighted by molar-refractivity contribution is 0.918. The van der Waals surface area contributed by atoms with Crippen LogP contribution in [0.3, 0.4) is 0 Å². The maximum Gasteiger partial charge on any atom is 0.127 e. The second-order valence-electron chi connectivity index (χ2n) is 4.45. The molecule has 3 aromatic heterocycles. The summed E-state index contributed by atoms with van der Waals surface area (Å²) in [6, 6.07) is 18.2. The van der Waals surface area contributed by atoms with Gasteiger partial charge >= 0.3 is 0 Å². The lowest BCUT2D eigenvalue weighted by Crippen LogP contribution is -1.95. The lowest BCUT2D eigenvalue weighted by Gasteiger charge is -2.00. The predicted octanol–water partition coefficient (Wildman–Crippen LogP) is 4.15. The molecule has 0 bridgehead atoms. The molecule has 0 aliphatic rings. The summed E-state index contributed by atoms with van der Waals surface area (Å²) in [6.45, 7) is 0. The fraction of sp³-hybridized carbons (Fsp3) is 0. The van der Waals surface area contributed by atoms with E-state index in [9.17, 15) is 0 Å². The molecule has 0 saturated carbocycles. The second-order valence-corrected chi connectivity index (χ2v) is 5.34. The summed E-state index contributed by atoms with van der Waals surface area (Å²) in [7, 11) is 0. The quantitative estimate of drug-likeness (QED) is 0.551. The third kappa shape index (κ3) is 1.73. The summed E-state index contributed by atoms with van der Waals surface area (Å²) in [6.07, 6.45) is 1.80. The number of para-hydroxylation sites is 1. The molecule has 4 heteroatoms. The Labute approximate surface area is 120 Å². The van der Waals surface area contributed by atoms with E-state index in [-0.39, 0.29) is 0 Å². The predicted molar refractivity (Wildman–Crippen MR) is 82.2 cm³/mol. The zero-order chi connectivity index (χ0) is 13.4. The van der Waals surface area contributed by atoms with E-state index >= 15 is 0 Å². The van der Waals surface area contributed by atoms with E-state index in [1.54, 1.807) is 17.5 Å². The Kier molecular flexibility index (Phi) is 2.60. The van der Waals surface area contributed by atoms with Crippen LogP contribution in [-0.2, 0) is 0 Å². The van der Waals surface area contributed by atoms with E-state index in [0.717, 1.165) is 27.3 Å². The molecule has 0 fully saturated rings. The minimum absolute atomic E-state index is 0.908. The van der Waals surface area contributed by atoms with Gasteiger partial charge in [0.1, 0.15) is 10.5 Å². The fourth-order valence-electron chi connectivity index (χ4n) is 2.28. The van der Waals surface area contributed by atoms with Crippen molar-refractivity contribution in [3.8, 4) is 17.1 Å². The summed E-state index contributed by atoms with van der Waals surface area (Å²) in [5, 5.41) is 8.00. The molecule has 0 N–H and O–H groups in total. The van der Waals surface area contributed by atoms with Gasteiger partial charge in [-0.15, -0.1) is 11.3 Å². The maximum atomic E-state index is 4.75. The highest BCUT2D eigenvalue weighted by Gasteiger charge is 2.14. The second kappa shape index (κ2) is 4.58. The standard InChI is InChI=1S/C16H11N3S/c1-2-6-12(7-3-1)19-16-13(9-11-20-16)15(18-19)14-8-4-5-10-17-14/h1-11H. The molecule has 0 saturated heterocycles. The van der Waals surface area contributed by atoms with E-state index in [1.165, 1.54) is 0 Å². The van der Waals surface area contributed by atoms with Crippen molar-refractivity contribution in [2.75, 3.05) is 0 Å². The van der Waals surface area contributed by atoms with Crippen molar-refractivity contribution in [3.05, 3.63) is 66.2 Å². The molecule has 3 heterocycles. The van der Waals surface area contributed by atoms with Crippen LogP contribution < -0.4 is 0 Å². The van der Waals surface area contributed by atoms with Crippen molar-refractivity contribution in [2.24, 2.45) is 0 Å². The Morgan fingerprint density at radius 3 is 2.55 bits per heavy atom. The molecule has 0 spiro atoms. The molecule has 0 aliphatic heterocycles. The molecule has 1 aromatic carbocycles. The van der Waals surface area contributed by atoms with Crippen LogP contribution in [0.1, 0.15) is 0 Å². The van der Waals surface area contributed by atoms with E-state index in [1.807, 2.05) is 41.1 Å². The van der Waals surface area contributed by atoms with Gasteiger partial charge in [0.15, 0.2) is 0 Å². The molecule has 0 atom stereocenters.